The lowest BCUT2D eigenvalue weighted by Crippen LogP contribution is -1.89. The van der Waals surface area contributed by atoms with E-state index >= 15 is 0 Å². The van der Waals surface area contributed by atoms with Gasteiger partial charge < -0.3 is 5.32 Å². The van der Waals surface area contributed by atoms with Gasteiger partial charge in [-0.25, -0.2) is 0 Å². The summed E-state index contributed by atoms with van der Waals surface area (Å²) in [6, 6.07) is 30.1. The lowest BCUT2D eigenvalue weighted by atomic mass is 9.98. The summed E-state index contributed by atoms with van der Waals surface area (Å²) < 4.78 is 42.5. The zero-order valence-corrected chi connectivity index (χ0v) is 18.9. The van der Waals surface area contributed by atoms with Crippen LogP contribution in [0.25, 0.3) is 52.8 Å². The molecule has 0 aliphatic heterocycles. The molecule has 0 aliphatic carbocycles. The third-order valence-electron chi connectivity index (χ3n) is 6.30. The molecule has 0 spiro atoms. The first-order chi connectivity index (χ1) is 18.9. The zero-order chi connectivity index (χ0) is 26.8. The maximum Gasteiger partial charge on any atom is 0.0645 e. The minimum Gasteiger partial charge on any atom is -0.356 e. The van der Waals surface area contributed by atoms with Gasteiger partial charge in [-0.2, -0.15) is 0 Å². The first kappa shape index (κ1) is 14.9. The summed E-state index contributed by atoms with van der Waals surface area (Å²) in [6.45, 7) is 0. The van der Waals surface area contributed by atoms with Crippen molar-refractivity contribution < 1.29 is 6.85 Å². The lowest BCUT2D eigenvalue weighted by Gasteiger charge is -2.09. The molecule has 0 amide bonds. The smallest absolute Gasteiger partial charge is 0.0645 e. The van der Waals surface area contributed by atoms with Crippen LogP contribution >= 0.6 is 11.3 Å². The van der Waals surface area contributed by atoms with Crippen LogP contribution in [-0.4, -0.2) is 0 Å². The molecule has 0 saturated heterocycles. The van der Waals surface area contributed by atoms with Gasteiger partial charge in [-0.1, -0.05) is 72.7 Å². The first-order valence-corrected chi connectivity index (χ1v) is 11.9. The number of nitrogens with one attached hydrogen (secondary N) is 1. The summed E-state index contributed by atoms with van der Waals surface area (Å²) in [4.78, 5) is 0. The monoisotopic (exact) mass is 456 g/mol. The van der Waals surface area contributed by atoms with E-state index in [4.69, 9.17) is 6.85 Å². The van der Waals surface area contributed by atoms with Crippen LogP contribution in [0, 0.1) is 0 Å². The van der Waals surface area contributed by atoms with E-state index in [0.717, 1.165) is 21.9 Å². The van der Waals surface area contributed by atoms with Gasteiger partial charge in [0.2, 0.25) is 0 Å². The SMILES string of the molecule is [2H]c1c([2H])c([2H])c(Nc2ccc3cc(-c4ccc5sc6ccc7ccccc7c6c5c4)ccc3c2)c([2H])c1[2H]. The minimum atomic E-state index is -0.400. The molecule has 7 aromatic rings. The molecule has 160 valence electrons. The highest BCUT2D eigenvalue weighted by Crippen LogP contribution is 2.40. The average Bonchev–Trinajstić information content (AvgIpc) is 3.35. The van der Waals surface area contributed by atoms with Gasteiger partial charge in [0.1, 0.15) is 0 Å². The van der Waals surface area contributed by atoms with Crippen LogP contribution < -0.4 is 5.32 Å². The van der Waals surface area contributed by atoms with Gasteiger partial charge >= 0.3 is 0 Å². The van der Waals surface area contributed by atoms with E-state index in [9.17, 15) is 0 Å². The molecule has 0 fully saturated rings. The van der Waals surface area contributed by atoms with E-state index in [0.29, 0.717) is 5.69 Å². The molecule has 0 radical (unpaired) electrons. The Balaban J connectivity index is 1.28. The molecule has 0 unspecified atom stereocenters. The van der Waals surface area contributed by atoms with Crippen LogP contribution in [0.15, 0.2) is 121 Å². The van der Waals surface area contributed by atoms with E-state index in [1.54, 1.807) is 0 Å². The molecular formula is C32H21NS. The van der Waals surface area contributed by atoms with Crippen LogP contribution in [0.4, 0.5) is 11.4 Å². The van der Waals surface area contributed by atoms with Crippen molar-refractivity contribution in [3.8, 4) is 11.1 Å². The number of hydrogen-bond donors (Lipinski definition) is 1. The Morgan fingerprint density at radius 1 is 0.559 bits per heavy atom. The van der Waals surface area contributed by atoms with Gasteiger partial charge in [0.05, 0.1) is 6.85 Å². The average molecular weight is 457 g/mol. The van der Waals surface area contributed by atoms with Gasteiger partial charge in [0, 0.05) is 31.5 Å². The summed E-state index contributed by atoms with van der Waals surface area (Å²) >= 11 is 1.82. The zero-order valence-electron chi connectivity index (χ0n) is 23.1. The van der Waals surface area contributed by atoms with E-state index in [2.05, 4.69) is 78.1 Å². The van der Waals surface area contributed by atoms with Crippen LogP contribution in [-0.2, 0) is 0 Å². The first-order valence-electron chi connectivity index (χ1n) is 13.6. The maximum atomic E-state index is 8.18. The number of anilines is 2. The molecule has 0 saturated carbocycles. The number of benzene rings is 6. The summed E-state index contributed by atoms with van der Waals surface area (Å²) in [5.41, 5.74) is 3.00. The molecule has 7 rings (SSSR count). The standard InChI is InChI=1S/C32H21NS/c1-2-7-26(8-3-1)33-27-15-12-23-18-22(10-11-24(23)19-27)25-14-16-30-29(20-25)32-28-9-5-4-6-21(28)13-17-31(32)34-30/h1-20,33H/i1D,2D,3D,7D,8D. The molecule has 0 aliphatic rings. The third kappa shape index (κ3) is 3.23. The van der Waals surface area contributed by atoms with E-state index in [1.165, 1.54) is 30.9 Å². The van der Waals surface area contributed by atoms with Crippen LogP contribution in [0.3, 0.4) is 0 Å². The van der Waals surface area contributed by atoms with Crippen LogP contribution in [0.5, 0.6) is 0 Å². The molecule has 1 N–H and O–H groups in total. The largest absolute Gasteiger partial charge is 0.356 e. The number of fused-ring (bicyclic) bond motifs is 6. The molecule has 0 bridgehead atoms. The Morgan fingerprint density at radius 2 is 1.29 bits per heavy atom. The second-order valence-electron chi connectivity index (χ2n) is 8.37. The van der Waals surface area contributed by atoms with Crippen LogP contribution in [0.2, 0.25) is 0 Å². The topological polar surface area (TPSA) is 12.0 Å². The highest BCUT2D eigenvalue weighted by Gasteiger charge is 2.10. The van der Waals surface area contributed by atoms with Crippen molar-refractivity contribution in [3.63, 3.8) is 0 Å². The van der Waals surface area contributed by atoms with E-state index in [-0.39, 0.29) is 29.9 Å². The van der Waals surface area contributed by atoms with E-state index in [1.807, 2.05) is 29.5 Å². The fraction of sp³-hybridized carbons (Fsp3) is 0. The second-order valence-corrected chi connectivity index (χ2v) is 9.46. The van der Waals surface area contributed by atoms with Gasteiger partial charge in [0.25, 0.3) is 0 Å². The Hall–Kier alpha value is -4.14. The molecule has 34 heavy (non-hydrogen) atoms. The fourth-order valence-corrected chi connectivity index (χ4v) is 5.79. The highest BCUT2D eigenvalue weighted by molar-refractivity contribution is 7.26. The number of rotatable bonds is 3. The fourth-order valence-electron chi connectivity index (χ4n) is 4.69. The number of thiophene rings is 1. The van der Waals surface area contributed by atoms with Gasteiger partial charge in [-0.05, 0) is 81.2 Å². The normalized spacial score (nSPS) is 13.6. The van der Waals surface area contributed by atoms with E-state index < -0.39 is 6.04 Å². The second kappa shape index (κ2) is 7.72. The highest BCUT2D eigenvalue weighted by atomic mass is 32.1. The number of para-hydroxylation sites is 1. The molecule has 2 heteroatoms. The van der Waals surface area contributed by atoms with Crippen molar-refractivity contribution in [1.29, 1.82) is 0 Å². The van der Waals surface area contributed by atoms with Crippen molar-refractivity contribution >= 4 is 64.4 Å². The number of hydrogen-bond acceptors (Lipinski definition) is 2. The summed E-state index contributed by atoms with van der Waals surface area (Å²) in [7, 11) is 0. The molecule has 1 nitrogen and oxygen atoms in total. The predicted octanol–water partition coefficient (Wildman–Crippen LogP) is 9.77. The Labute approximate surface area is 208 Å². The molecule has 1 heterocycles. The summed E-state index contributed by atoms with van der Waals surface area (Å²) in [6.07, 6.45) is 0. The van der Waals surface area contributed by atoms with Crippen molar-refractivity contribution in [2.24, 2.45) is 0 Å². The quantitative estimate of drug-likeness (QED) is 0.279. The van der Waals surface area contributed by atoms with Crippen molar-refractivity contribution in [3.05, 3.63) is 121 Å². The minimum absolute atomic E-state index is 0.0702. The third-order valence-corrected chi connectivity index (χ3v) is 7.44. The van der Waals surface area contributed by atoms with Crippen molar-refractivity contribution in [2.45, 2.75) is 0 Å². The lowest BCUT2D eigenvalue weighted by molar-refractivity contribution is 1.57. The summed E-state index contributed by atoms with van der Waals surface area (Å²) in [5.74, 6) is 0. The summed E-state index contributed by atoms with van der Waals surface area (Å²) in [5, 5.41) is 10.2. The van der Waals surface area contributed by atoms with Gasteiger partial charge in [0.15, 0.2) is 0 Å². The Morgan fingerprint density at radius 3 is 2.24 bits per heavy atom. The van der Waals surface area contributed by atoms with Gasteiger partial charge in [-0.15, -0.1) is 11.3 Å². The van der Waals surface area contributed by atoms with Crippen molar-refractivity contribution in [1.82, 2.24) is 0 Å². The van der Waals surface area contributed by atoms with Crippen molar-refractivity contribution in [2.75, 3.05) is 5.32 Å². The molecule has 6 aromatic carbocycles. The molecule has 1 aromatic heterocycles. The van der Waals surface area contributed by atoms with Gasteiger partial charge in [-0.3, -0.25) is 0 Å². The molecule has 0 atom stereocenters. The maximum absolute atomic E-state index is 8.18. The molecular weight excluding hydrogens is 430 g/mol. The Bertz CT molecular complexity index is 2090. The predicted molar refractivity (Wildman–Crippen MR) is 150 cm³/mol. The Kier molecular flexibility index (Phi) is 3.38. The van der Waals surface area contributed by atoms with Crippen LogP contribution in [0.1, 0.15) is 6.85 Å².